The van der Waals surface area contributed by atoms with Crippen LogP contribution in [0.5, 0.6) is 5.75 Å². The SMILES string of the molecule is C(=C\c1ccccc1)/COc1cccc(-c2nnco2)c1. The third-order valence-electron chi connectivity index (χ3n) is 2.90. The van der Waals surface area contributed by atoms with Gasteiger partial charge in [0, 0.05) is 5.56 Å². The third kappa shape index (κ3) is 3.57. The van der Waals surface area contributed by atoms with Crippen LogP contribution in [0.4, 0.5) is 0 Å². The molecule has 0 spiro atoms. The highest BCUT2D eigenvalue weighted by molar-refractivity contribution is 5.55. The van der Waals surface area contributed by atoms with Crippen molar-refractivity contribution in [3.63, 3.8) is 0 Å². The smallest absolute Gasteiger partial charge is 0.247 e. The van der Waals surface area contributed by atoms with Crippen molar-refractivity contribution in [3.05, 3.63) is 72.6 Å². The Bertz CT molecular complexity index is 707. The molecule has 0 aliphatic carbocycles. The fraction of sp³-hybridized carbons (Fsp3) is 0.0588. The lowest BCUT2D eigenvalue weighted by Crippen LogP contribution is -1.93. The predicted molar refractivity (Wildman–Crippen MR) is 80.7 cm³/mol. The first kappa shape index (κ1) is 13.1. The van der Waals surface area contributed by atoms with Crippen LogP contribution in [0, 0.1) is 0 Å². The lowest BCUT2D eigenvalue weighted by Gasteiger charge is -2.04. The quantitative estimate of drug-likeness (QED) is 0.711. The molecular formula is C17H14N2O2. The van der Waals surface area contributed by atoms with Gasteiger partial charge in [0.1, 0.15) is 12.4 Å². The van der Waals surface area contributed by atoms with Crippen LogP contribution in [0.1, 0.15) is 5.56 Å². The van der Waals surface area contributed by atoms with Crippen molar-refractivity contribution in [1.82, 2.24) is 10.2 Å². The minimum atomic E-state index is 0.486. The number of hydrogen-bond donors (Lipinski definition) is 0. The first-order valence-electron chi connectivity index (χ1n) is 6.63. The zero-order valence-electron chi connectivity index (χ0n) is 11.3. The van der Waals surface area contributed by atoms with Gasteiger partial charge in [-0.25, -0.2) is 0 Å². The minimum Gasteiger partial charge on any atom is -0.490 e. The van der Waals surface area contributed by atoms with E-state index in [0.29, 0.717) is 12.5 Å². The number of ether oxygens (including phenoxy) is 1. The van der Waals surface area contributed by atoms with Gasteiger partial charge in [-0.2, -0.15) is 0 Å². The van der Waals surface area contributed by atoms with Gasteiger partial charge in [-0.1, -0.05) is 42.5 Å². The maximum absolute atomic E-state index is 5.69. The van der Waals surface area contributed by atoms with Gasteiger partial charge in [0.25, 0.3) is 0 Å². The summed E-state index contributed by atoms with van der Waals surface area (Å²) in [5.74, 6) is 1.25. The lowest BCUT2D eigenvalue weighted by atomic mass is 10.2. The zero-order valence-corrected chi connectivity index (χ0v) is 11.3. The topological polar surface area (TPSA) is 48.2 Å². The molecule has 4 nitrogen and oxygen atoms in total. The maximum Gasteiger partial charge on any atom is 0.247 e. The average Bonchev–Trinajstić information content (AvgIpc) is 3.07. The van der Waals surface area contributed by atoms with Crippen molar-refractivity contribution in [2.45, 2.75) is 0 Å². The Kier molecular flexibility index (Phi) is 4.07. The molecule has 1 heterocycles. The van der Waals surface area contributed by atoms with E-state index in [4.69, 9.17) is 9.15 Å². The Morgan fingerprint density at radius 1 is 1.05 bits per heavy atom. The highest BCUT2D eigenvalue weighted by atomic mass is 16.5. The van der Waals surface area contributed by atoms with Gasteiger partial charge in [0.15, 0.2) is 0 Å². The molecule has 2 aromatic carbocycles. The van der Waals surface area contributed by atoms with Gasteiger partial charge >= 0.3 is 0 Å². The summed E-state index contributed by atoms with van der Waals surface area (Å²) < 4.78 is 10.9. The number of benzene rings is 2. The van der Waals surface area contributed by atoms with E-state index in [-0.39, 0.29) is 0 Å². The van der Waals surface area contributed by atoms with Crippen molar-refractivity contribution in [1.29, 1.82) is 0 Å². The van der Waals surface area contributed by atoms with Crippen LogP contribution in [-0.2, 0) is 0 Å². The largest absolute Gasteiger partial charge is 0.490 e. The minimum absolute atomic E-state index is 0.486. The second-order valence-electron chi connectivity index (χ2n) is 4.40. The van der Waals surface area contributed by atoms with Crippen molar-refractivity contribution in [3.8, 4) is 17.2 Å². The van der Waals surface area contributed by atoms with Gasteiger partial charge in [0.05, 0.1) is 0 Å². The van der Waals surface area contributed by atoms with E-state index in [1.807, 2.05) is 66.7 Å². The van der Waals surface area contributed by atoms with Crippen molar-refractivity contribution >= 4 is 6.08 Å². The molecule has 0 N–H and O–H groups in total. The summed E-state index contributed by atoms with van der Waals surface area (Å²) in [7, 11) is 0. The molecule has 0 unspecified atom stereocenters. The lowest BCUT2D eigenvalue weighted by molar-refractivity contribution is 0.363. The Morgan fingerprint density at radius 2 is 1.95 bits per heavy atom. The fourth-order valence-electron chi connectivity index (χ4n) is 1.91. The maximum atomic E-state index is 5.69. The Hall–Kier alpha value is -2.88. The van der Waals surface area contributed by atoms with Crippen LogP contribution >= 0.6 is 0 Å². The molecule has 0 bridgehead atoms. The van der Waals surface area contributed by atoms with Gasteiger partial charge in [-0.3, -0.25) is 0 Å². The monoisotopic (exact) mass is 278 g/mol. The van der Waals surface area contributed by atoms with E-state index in [0.717, 1.165) is 16.9 Å². The number of hydrogen-bond acceptors (Lipinski definition) is 4. The molecule has 0 saturated heterocycles. The van der Waals surface area contributed by atoms with E-state index in [2.05, 4.69) is 10.2 Å². The molecule has 3 aromatic rings. The standard InChI is InChI=1S/C17H14N2O2/c1-2-6-14(7-3-1)8-5-11-20-16-10-4-9-15(12-16)17-19-18-13-21-17/h1-10,12-13H,11H2/b8-5+. The molecule has 1 aromatic heterocycles. The molecule has 0 radical (unpaired) electrons. The van der Waals surface area contributed by atoms with Gasteiger partial charge in [-0.15, -0.1) is 10.2 Å². The van der Waals surface area contributed by atoms with E-state index >= 15 is 0 Å². The Labute approximate surface area is 122 Å². The molecule has 104 valence electrons. The predicted octanol–water partition coefficient (Wildman–Crippen LogP) is 3.83. The van der Waals surface area contributed by atoms with Gasteiger partial charge < -0.3 is 9.15 Å². The second kappa shape index (κ2) is 6.52. The molecule has 3 rings (SSSR count). The Morgan fingerprint density at radius 3 is 2.76 bits per heavy atom. The molecule has 0 amide bonds. The number of nitrogens with zero attached hydrogens (tertiary/aromatic N) is 2. The molecular weight excluding hydrogens is 264 g/mol. The van der Waals surface area contributed by atoms with Crippen LogP contribution in [0.3, 0.4) is 0 Å². The normalized spacial score (nSPS) is 10.9. The summed E-state index contributed by atoms with van der Waals surface area (Å²) in [6.45, 7) is 0.502. The van der Waals surface area contributed by atoms with Crippen LogP contribution in [0.2, 0.25) is 0 Å². The fourth-order valence-corrected chi connectivity index (χ4v) is 1.91. The summed E-state index contributed by atoms with van der Waals surface area (Å²) in [4.78, 5) is 0. The summed E-state index contributed by atoms with van der Waals surface area (Å²) in [6.07, 6.45) is 5.32. The first-order valence-corrected chi connectivity index (χ1v) is 6.63. The molecule has 21 heavy (non-hydrogen) atoms. The molecule has 0 saturated carbocycles. The average molecular weight is 278 g/mol. The highest BCUT2D eigenvalue weighted by Gasteiger charge is 2.04. The zero-order chi connectivity index (χ0) is 14.3. The highest BCUT2D eigenvalue weighted by Crippen LogP contribution is 2.21. The molecule has 0 aliphatic heterocycles. The van der Waals surface area contributed by atoms with Gasteiger partial charge in [-0.05, 0) is 29.8 Å². The first-order chi connectivity index (χ1) is 10.4. The molecule has 0 fully saturated rings. The van der Waals surface area contributed by atoms with Crippen LogP contribution in [0.15, 0.2) is 71.5 Å². The summed E-state index contributed by atoms with van der Waals surface area (Å²) in [5, 5.41) is 7.55. The number of aromatic nitrogens is 2. The Balaban J connectivity index is 1.61. The molecule has 0 atom stereocenters. The van der Waals surface area contributed by atoms with Crippen molar-refractivity contribution in [2.75, 3.05) is 6.61 Å². The van der Waals surface area contributed by atoms with Gasteiger partial charge in [0.2, 0.25) is 12.3 Å². The summed E-state index contributed by atoms with van der Waals surface area (Å²) >= 11 is 0. The second-order valence-corrected chi connectivity index (χ2v) is 4.40. The molecule has 0 aliphatic rings. The summed E-state index contributed by atoms with van der Waals surface area (Å²) in [6, 6.07) is 17.7. The third-order valence-corrected chi connectivity index (χ3v) is 2.90. The van der Waals surface area contributed by atoms with Crippen molar-refractivity contribution in [2.24, 2.45) is 0 Å². The van der Waals surface area contributed by atoms with Crippen molar-refractivity contribution < 1.29 is 9.15 Å². The van der Waals surface area contributed by atoms with Crippen LogP contribution < -0.4 is 4.74 Å². The summed E-state index contributed by atoms with van der Waals surface area (Å²) in [5.41, 5.74) is 2.00. The van der Waals surface area contributed by atoms with E-state index < -0.39 is 0 Å². The van der Waals surface area contributed by atoms with E-state index in [1.165, 1.54) is 6.39 Å². The molecule has 4 heteroatoms. The number of rotatable bonds is 5. The van der Waals surface area contributed by atoms with Crippen LogP contribution in [-0.4, -0.2) is 16.8 Å². The van der Waals surface area contributed by atoms with E-state index in [1.54, 1.807) is 0 Å². The van der Waals surface area contributed by atoms with E-state index in [9.17, 15) is 0 Å². The van der Waals surface area contributed by atoms with Crippen LogP contribution in [0.25, 0.3) is 17.5 Å².